The molecule has 428 valence electrons. The highest BCUT2D eigenvalue weighted by molar-refractivity contribution is 7.66. The molecule has 7 unspecified atom stereocenters. The highest BCUT2D eigenvalue weighted by Crippen LogP contribution is 2.68. The van der Waals surface area contributed by atoms with Crippen molar-refractivity contribution in [3.05, 3.63) is 55.9 Å². The monoisotopic (exact) mass is 1190 g/mol. The largest absolute Gasteiger partial charge is 0.490 e. The van der Waals surface area contributed by atoms with Gasteiger partial charge >= 0.3 is 36.9 Å². The van der Waals surface area contributed by atoms with E-state index in [2.05, 4.69) is 48.5 Å². The minimum Gasteiger partial charge on any atom is -0.386 e. The van der Waals surface area contributed by atoms with Gasteiger partial charge < -0.3 is 75.0 Å². The van der Waals surface area contributed by atoms with Crippen LogP contribution < -0.4 is 32.7 Å². The zero-order chi connectivity index (χ0) is 56.7. The average molecular weight is 1190 g/mol. The van der Waals surface area contributed by atoms with Crippen molar-refractivity contribution in [2.45, 2.75) is 101 Å². The minimum absolute atomic E-state index is 0.0217. The van der Waals surface area contributed by atoms with Crippen molar-refractivity contribution in [2.75, 3.05) is 31.8 Å². The minimum atomic E-state index is -6.31. The van der Waals surface area contributed by atoms with E-state index < -0.39 is 147 Å². The van der Waals surface area contributed by atoms with Crippen molar-refractivity contribution in [2.24, 2.45) is 7.05 Å². The Morgan fingerprint density at radius 3 is 1.92 bits per heavy atom. The maximum Gasteiger partial charge on any atom is 0.490 e. The lowest BCUT2D eigenvalue weighted by Crippen LogP contribution is -2.46. The molecule has 0 amide bonds. The number of aromatic amines is 3. The molecule has 0 bridgehead atoms. The van der Waals surface area contributed by atoms with E-state index in [0.717, 1.165) is 22.6 Å². The van der Waals surface area contributed by atoms with Crippen LogP contribution in [0.5, 0.6) is 0 Å². The number of ether oxygens (including phenoxy) is 5. The van der Waals surface area contributed by atoms with Crippen molar-refractivity contribution in [3.63, 3.8) is 0 Å². The van der Waals surface area contributed by atoms with Gasteiger partial charge in [-0.25, -0.2) is 37.8 Å². The summed E-state index contributed by atoms with van der Waals surface area (Å²) >= 11 is 0. The van der Waals surface area contributed by atoms with Gasteiger partial charge in [0.1, 0.15) is 54.7 Å². The third-order valence-corrected chi connectivity index (χ3v) is 17.0. The van der Waals surface area contributed by atoms with Crippen molar-refractivity contribution >= 4 is 76.7 Å². The predicted molar refractivity (Wildman–Crippen MR) is 251 cm³/mol. The third kappa shape index (κ3) is 11.6. The molecule has 3 aliphatic heterocycles. The lowest BCUT2D eigenvalue weighted by molar-refractivity contribution is -0.747. The number of aliphatic hydroxyl groups excluding tert-OH is 3. The van der Waals surface area contributed by atoms with Crippen LogP contribution in [0.1, 0.15) is 38.4 Å². The number of fused-ring (bicyclic) bond motifs is 3. The highest BCUT2D eigenvalue weighted by atomic mass is 31.3. The first-order chi connectivity index (χ1) is 36.5. The summed E-state index contributed by atoms with van der Waals surface area (Å²) < 4.78 is 116. The Hall–Kier alpha value is -5.15. The van der Waals surface area contributed by atoms with Crippen LogP contribution in [0, 0.1) is 6.92 Å². The number of imidazole rings is 3. The van der Waals surface area contributed by atoms with Crippen molar-refractivity contribution in [1.82, 2.24) is 53.6 Å². The number of phosphoric acid groups is 4. The second-order valence-corrected chi connectivity index (χ2v) is 23.7. The van der Waals surface area contributed by atoms with Gasteiger partial charge in [0, 0.05) is 7.11 Å². The molecule has 43 heteroatoms. The van der Waals surface area contributed by atoms with Crippen LogP contribution in [0.2, 0.25) is 0 Å². The molecule has 0 aromatic carbocycles. The molecule has 39 nitrogen and oxygen atoms in total. The number of hydrogen-bond acceptors (Lipinski definition) is 28. The molecule has 78 heavy (non-hydrogen) atoms. The van der Waals surface area contributed by atoms with Crippen LogP contribution in [0.15, 0.2) is 33.4 Å². The van der Waals surface area contributed by atoms with Gasteiger partial charge in [-0.2, -0.15) is 13.6 Å². The first-order valence-electron chi connectivity index (χ1n) is 22.5. The van der Waals surface area contributed by atoms with Crippen LogP contribution in [0.4, 0.5) is 11.9 Å². The fourth-order valence-electron chi connectivity index (χ4n) is 8.73. The predicted octanol–water partition coefficient (Wildman–Crippen LogP) is -3.30. The van der Waals surface area contributed by atoms with Gasteiger partial charge in [-0.15, -0.1) is 0 Å². The molecule has 9 heterocycles. The summed E-state index contributed by atoms with van der Waals surface area (Å²) in [4.78, 5) is 108. The smallest absolute Gasteiger partial charge is 0.386 e. The van der Waals surface area contributed by atoms with Crippen molar-refractivity contribution < 1.29 is 108 Å². The summed E-state index contributed by atoms with van der Waals surface area (Å²) in [5.74, 6) is -0.555. The molecule has 0 spiro atoms. The Balaban J connectivity index is 0.906. The summed E-state index contributed by atoms with van der Waals surface area (Å²) in [6.07, 6.45) is -18.1. The van der Waals surface area contributed by atoms with E-state index in [0.29, 0.717) is 0 Å². The Morgan fingerprint density at radius 1 is 0.705 bits per heavy atom. The van der Waals surface area contributed by atoms with Gasteiger partial charge in [-0.3, -0.25) is 56.1 Å². The number of nitrogens with two attached hydrogens (primary N) is 2. The molecule has 6 aromatic rings. The Morgan fingerprint density at radius 2 is 1.27 bits per heavy atom. The number of phosphoric ester groups is 3. The zero-order valence-electron chi connectivity index (χ0n) is 40.6. The molecule has 0 radical (unpaired) electrons. The molecule has 9 rings (SSSR count). The van der Waals surface area contributed by atoms with Gasteiger partial charge in [0.15, 0.2) is 41.1 Å². The number of H-pyrrole nitrogens is 3. The molecular formula is C35H49N14O25P4+. The van der Waals surface area contributed by atoms with E-state index in [-0.39, 0.29) is 45.3 Å². The van der Waals surface area contributed by atoms with Gasteiger partial charge in [0.25, 0.3) is 22.6 Å². The van der Waals surface area contributed by atoms with E-state index >= 15 is 0 Å². The van der Waals surface area contributed by atoms with Crippen LogP contribution in [0.3, 0.4) is 0 Å². The zero-order valence-corrected chi connectivity index (χ0v) is 44.2. The number of nitrogens with one attached hydrogen (secondary N) is 3. The number of aryl methyl sites for hydroxylation is 2. The lowest BCUT2D eigenvalue weighted by Gasteiger charge is -2.27. The molecule has 14 N–H and O–H groups in total. The number of hydrogen-bond donors (Lipinski definition) is 12. The van der Waals surface area contributed by atoms with E-state index in [1.54, 1.807) is 13.8 Å². The van der Waals surface area contributed by atoms with E-state index in [1.165, 1.54) is 35.8 Å². The molecule has 0 aliphatic carbocycles. The normalized spacial score (nSPS) is 29.9. The van der Waals surface area contributed by atoms with Crippen LogP contribution in [0.25, 0.3) is 33.5 Å². The topological polar surface area (TPSA) is 545 Å². The van der Waals surface area contributed by atoms with Gasteiger partial charge in [-0.1, -0.05) is 4.98 Å². The van der Waals surface area contributed by atoms with Crippen molar-refractivity contribution in [3.8, 4) is 0 Å². The number of aliphatic hydroxyl groups is 3. The van der Waals surface area contributed by atoms with Gasteiger partial charge in [0.05, 0.1) is 39.0 Å². The second kappa shape index (κ2) is 21.4. The Kier molecular flexibility index (Phi) is 15.8. The molecular weight excluding hydrogens is 1140 g/mol. The average Bonchev–Trinajstić information content (AvgIpc) is 4.25. The summed E-state index contributed by atoms with van der Waals surface area (Å²) in [5, 5.41) is 32.9. The highest BCUT2D eigenvalue weighted by Gasteiger charge is 2.55. The van der Waals surface area contributed by atoms with Gasteiger partial charge in [0.2, 0.25) is 24.0 Å². The van der Waals surface area contributed by atoms with Gasteiger partial charge in [-0.05, 0) is 20.8 Å². The van der Waals surface area contributed by atoms with E-state index in [1.807, 2.05) is 0 Å². The second-order valence-electron chi connectivity index (χ2n) is 17.7. The maximum absolute atomic E-state index is 14.0. The molecule has 3 fully saturated rings. The first kappa shape index (κ1) is 57.5. The summed E-state index contributed by atoms with van der Waals surface area (Å²) in [7, 11) is -21.4. The summed E-state index contributed by atoms with van der Waals surface area (Å²) in [6.45, 7) is 2.58. The summed E-state index contributed by atoms with van der Waals surface area (Å²) in [5.41, 5.74) is 8.41. The fraction of sp³-hybridized carbons (Fsp3) is 0.571. The first-order valence-corrected chi connectivity index (χ1v) is 28.4. The van der Waals surface area contributed by atoms with Crippen molar-refractivity contribution in [1.29, 1.82) is 0 Å². The van der Waals surface area contributed by atoms with E-state index in [4.69, 9.17) is 53.2 Å². The molecule has 3 saturated heterocycles. The SMILES string of the molecule is COC1[C@@H](OP(=O)(O)OC[C@H]2O[C@@H](n3cnc4c(=O)[nH]c(C)nc43)C(O)[C@H]2OC(C)C)[C@@H](COP(=O)(O)OP(=O)(O)OP(=O)(O)O[C@H]2O[C@@H]([n+]3cn(C)c4c(=O)[nH]c(N)nc43)[C@@H](O)C2O)O[C@H]1n1cnc2c(=O)[nH]c(N)nc21. The molecule has 16 atom stereocenters. The molecule has 6 aromatic heterocycles. The number of methoxy groups -OCH3 is 1. The number of anilines is 2. The van der Waals surface area contributed by atoms with Crippen LogP contribution in [-0.2, 0) is 75.7 Å². The number of nitrogens with zero attached hydrogens (tertiary/aromatic N) is 9. The maximum atomic E-state index is 14.0. The molecule has 0 saturated carbocycles. The molecule has 3 aliphatic rings. The Bertz CT molecular complexity index is 3640. The van der Waals surface area contributed by atoms with Crippen LogP contribution >= 0.6 is 31.3 Å². The number of nitrogen functional groups attached to an aromatic ring is 2. The number of aromatic nitrogens is 12. The van der Waals surface area contributed by atoms with E-state index in [9.17, 15) is 67.5 Å². The quantitative estimate of drug-likeness (QED) is 0.0263. The number of rotatable bonds is 20. The fourth-order valence-corrected chi connectivity index (χ4v) is 13.3. The Labute approximate surface area is 432 Å². The standard InChI is InChI=1S/C35H48N14O25P4/c1-11(2)67-21-13(68-31(20(21)52)47-8-38-15-24(47)40-12(3)41-27(15)53)6-65-75(56,57)71-22-14(69-32(23(22)64-5)48-9-39-16-25(48)42-34(36)44-28(16)54)7-66-76(58,59)73-78(62,63)74-77(60,61)72-33-19(51)18(50)30(70-33)49-10-46(4)17-26(49)43-35(37)45-29(17)55/h8-11,13-14,18-23,30-33,50-52H,6-7H2,1-5H3,(H10-,36,37,40,41,42,43,44,45,53,54,55,56,57,58,59,60,61,62,63)/p+1/t13-,14-,18+,19?,20?,21+,22+,23?,30-,31-,32-,33-/m1/s1. The third-order valence-electron chi connectivity index (χ3n) is 11.8. The lowest BCUT2D eigenvalue weighted by atomic mass is 10.1. The van der Waals surface area contributed by atoms with Crippen LogP contribution in [-0.4, -0.2) is 170 Å². The summed E-state index contributed by atoms with van der Waals surface area (Å²) in [6, 6.07) is 0.